The normalized spacial score (nSPS) is 18.7. The van der Waals surface area contributed by atoms with Crippen LogP contribution in [0.4, 0.5) is 0 Å². The van der Waals surface area contributed by atoms with Crippen LogP contribution < -0.4 is 5.32 Å². The molecule has 1 fully saturated rings. The standard InChI is InChI=1S/C16H29N3/c1-4-14-11-15(19(3)18-14)12-16(13-17-5-2)9-7-6-8-10-16/h11,17H,4-10,12-13H2,1-3H3. The molecule has 1 heterocycles. The second kappa shape index (κ2) is 6.56. The van der Waals surface area contributed by atoms with E-state index < -0.39 is 0 Å². The van der Waals surface area contributed by atoms with Gasteiger partial charge in [0.1, 0.15) is 0 Å². The Balaban J connectivity index is 2.11. The van der Waals surface area contributed by atoms with Crippen LogP contribution in [0.5, 0.6) is 0 Å². The molecule has 0 atom stereocenters. The molecule has 0 amide bonds. The average Bonchev–Trinajstić information content (AvgIpc) is 2.78. The van der Waals surface area contributed by atoms with Crippen molar-refractivity contribution in [3.05, 3.63) is 17.5 Å². The van der Waals surface area contributed by atoms with Gasteiger partial charge in [0, 0.05) is 19.3 Å². The summed E-state index contributed by atoms with van der Waals surface area (Å²) in [5.41, 5.74) is 3.11. The zero-order valence-corrected chi connectivity index (χ0v) is 12.8. The molecule has 1 aromatic rings. The summed E-state index contributed by atoms with van der Waals surface area (Å²) in [5.74, 6) is 0. The van der Waals surface area contributed by atoms with Crippen molar-refractivity contribution >= 4 is 0 Å². The Bertz CT molecular complexity index is 389. The van der Waals surface area contributed by atoms with Gasteiger partial charge in [-0.1, -0.05) is 33.1 Å². The van der Waals surface area contributed by atoms with Crippen molar-refractivity contribution in [3.8, 4) is 0 Å². The van der Waals surface area contributed by atoms with E-state index in [9.17, 15) is 0 Å². The molecule has 0 radical (unpaired) electrons. The van der Waals surface area contributed by atoms with Crippen LogP contribution in [-0.2, 0) is 19.9 Å². The zero-order chi connectivity index (χ0) is 13.7. The third-order valence-electron chi connectivity index (χ3n) is 4.61. The number of aryl methyl sites for hydroxylation is 2. The van der Waals surface area contributed by atoms with E-state index in [0.29, 0.717) is 5.41 Å². The van der Waals surface area contributed by atoms with Gasteiger partial charge in [-0.25, -0.2) is 0 Å². The number of hydrogen-bond acceptors (Lipinski definition) is 2. The Kier molecular flexibility index (Phi) is 5.03. The van der Waals surface area contributed by atoms with Crippen LogP contribution in [0.25, 0.3) is 0 Å². The monoisotopic (exact) mass is 263 g/mol. The average molecular weight is 263 g/mol. The molecular formula is C16H29N3. The van der Waals surface area contributed by atoms with E-state index >= 15 is 0 Å². The Hall–Kier alpha value is -0.830. The Labute approximate surface area is 117 Å². The molecule has 3 heteroatoms. The first-order valence-corrected chi connectivity index (χ1v) is 7.91. The first kappa shape index (κ1) is 14.6. The third-order valence-corrected chi connectivity index (χ3v) is 4.61. The van der Waals surface area contributed by atoms with Crippen molar-refractivity contribution in [1.82, 2.24) is 15.1 Å². The fraction of sp³-hybridized carbons (Fsp3) is 0.812. The zero-order valence-electron chi connectivity index (χ0n) is 12.8. The van der Waals surface area contributed by atoms with Gasteiger partial charge >= 0.3 is 0 Å². The van der Waals surface area contributed by atoms with Crippen molar-refractivity contribution in [2.45, 2.75) is 58.8 Å². The van der Waals surface area contributed by atoms with Gasteiger partial charge < -0.3 is 5.32 Å². The van der Waals surface area contributed by atoms with Gasteiger partial charge in [0.15, 0.2) is 0 Å². The summed E-state index contributed by atoms with van der Waals surface area (Å²) >= 11 is 0. The minimum Gasteiger partial charge on any atom is -0.316 e. The highest BCUT2D eigenvalue weighted by Gasteiger charge is 2.32. The van der Waals surface area contributed by atoms with Crippen LogP contribution in [0.15, 0.2) is 6.07 Å². The van der Waals surface area contributed by atoms with E-state index in [1.165, 1.54) is 49.9 Å². The van der Waals surface area contributed by atoms with E-state index in [4.69, 9.17) is 0 Å². The smallest absolute Gasteiger partial charge is 0.0624 e. The number of rotatable bonds is 6. The van der Waals surface area contributed by atoms with Crippen LogP contribution in [-0.4, -0.2) is 22.9 Å². The molecule has 0 bridgehead atoms. The van der Waals surface area contributed by atoms with Gasteiger partial charge in [-0.3, -0.25) is 4.68 Å². The highest BCUT2D eigenvalue weighted by Crippen LogP contribution is 2.38. The SMILES string of the molecule is CCNCC1(Cc2cc(CC)nn2C)CCCCC1. The molecule has 1 aliphatic carbocycles. The summed E-state index contributed by atoms with van der Waals surface area (Å²) in [5, 5.41) is 8.19. The van der Waals surface area contributed by atoms with E-state index in [2.05, 4.69) is 42.1 Å². The maximum Gasteiger partial charge on any atom is 0.0624 e. The van der Waals surface area contributed by atoms with Gasteiger partial charge in [0.25, 0.3) is 0 Å². The Morgan fingerprint density at radius 3 is 2.58 bits per heavy atom. The van der Waals surface area contributed by atoms with Crippen molar-refractivity contribution in [3.63, 3.8) is 0 Å². The maximum atomic E-state index is 4.60. The van der Waals surface area contributed by atoms with E-state index in [-0.39, 0.29) is 0 Å². The van der Waals surface area contributed by atoms with Crippen LogP contribution in [0.1, 0.15) is 57.3 Å². The van der Waals surface area contributed by atoms with Crippen molar-refractivity contribution < 1.29 is 0 Å². The molecule has 1 aliphatic rings. The summed E-state index contributed by atoms with van der Waals surface area (Å²) in [6.07, 6.45) is 9.16. The Morgan fingerprint density at radius 2 is 2.00 bits per heavy atom. The molecule has 0 saturated heterocycles. The lowest BCUT2D eigenvalue weighted by Gasteiger charge is -2.37. The van der Waals surface area contributed by atoms with Crippen molar-refractivity contribution in [1.29, 1.82) is 0 Å². The molecule has 0 aliphatic heterocycles. The summed E-state index contributed by atoms with van der Waals surface area (Å²) in [7, 11) is 2.10. The molecular weight excluding hydrogens is 234 g/mol. The topological polar surface area (TPSA) is 29.9 Å². The fourth-order valence-corrected chi connectivity index (χ4v) is 3.40. The van der Waals surface area contributed by atoms with Crippen molar-refractivity contribution in [2.75, 3.05) is 13.1 Å². The fourth-order valence-electron chi connectivity index (χ4n) is 3.40. The third kappa shape index (κ3) is 3.59. The van der Waals surface area contributed by atoms with Crippen LogP contribution in [0, 0.1) is 5.41 Å². The molecule has 2 rings (SSSR count). The van der Waals surface area contributed by atoms with Gasteiger partial charge in [-0.2, -0.15) is 5.10 Å². The first-order valence-electron chi connectivity index (χ1n) is 7.91. The summed E-state index contributed by atoms with van der Waals surface area (Å²) < 4.78 is 2.10. The molecule has 3 nitrogen and oxygen atoms in total. The molecule has 0 unspecified atom stereocenters. The number of aromatic nitrogens is 2. The molecule has 19 heavy (non-hydrogen) atoms. The van der Waals surface area contributed by atoms with Gasteiger partial charge in [0.05, 0.1) is 5.69 Å². The second-order valence-corrected chi connectivity index (χ2v) is 6.12. The molecule has 1 aromatic heterocycles. The molecule has 108 valence electrons. The summed E-state index contributed by atoms with van der Waals surface area (Å²) in [6, 6.07) is 2.31. The number of nitrogens with zero attached hydrogens (tertiary/aromatic N) is 2. The second-order valence-electron chi connectivity index (χ2n) is 6.12. The molecule has 1 saturated carbocycles. The maximum absolute atomic E-state index is 4.60. The van der Waals surface area contributed by atoms with E-state index in [1.54, 1.807) is 0 Å². The highest BCUT2D eigenvalue weighted by atomic mass is 15.3. The molecule has 1 N–H and O–H groups in total. The van der Waals surface area contributed by atoms with E-state index in [0.717, 1.165) is 19.5 Å². The molecule has 0 spiro atoms. The first-order chi connectivity index (χ1) is 9.19. The van der Waals surface area contributed by atoms with Gasteiger partial charge in [-0.05, 0) is 43.7 Å². The number of hydrogen-bond donors (Lipinski definition) is 1. The minimum atomic E-state index is 0.465. The predicted octanol–water partition coefficient (Wildman–Crippen LogP) is 3.09. The Morgan fingerprint density at radius 1 is 1.26 bits per heavy atom. The van der Waals surface area contributed by atoms with Crippen molar-refractivity contribution in [2.24, 2.45) is 12.5 Å². The summed E-state index contributed by atoms with van der Waals surface area (Å²) in [6.45, 7) is 6.63. The van der Waals surface area contributed by atoms with Crippen LogP contribution in [0.2, 0.25) is 0 Å². The quantitative estimate of drug-likeness (QED) is 0.855. The lowest BCUT2D eigenvalue weighted by molar-refractivity contribution is 0.178. The van der Waals surface area contributed by atoms with Gasteiger partial charge in [0.2, 0.25) is 0 Å². The lowest BCUT2D eigenvalue weighted by Crippen LogP contribution is -2.38. The summed E-state index contributed by atoms with van der Waals surface area (Å²) in [4.78, 5) is 0. The highest BCUT2D eigenvalue weighted by molar-refractivity contribution is 5.13. The van der Waals surface area contributed by atoms with Crippen LogP contribution in [0.3, 0.4) is 0 Å². The lowest BCUT2D eigenvalue weighted by atomic mass is 9.71. The minimum absolute atomic E-state index is 0.465. The van der Waals surface area contributed by atoms with Crippen LogP contribution >= 0.6 is 0 Å². The largest absolute Gasteiger partial charge is 0.316 e. The van der Waals surface area contributed by atoms with E-state index in [1.807, 2.05) is 0 Å². The molecule has 0 aromatic carbocycles. The predicted molar refractivity (Wildman–Crippen MR) is 80.4 cm³/mol. The van der Waals surface area contributed by atoms with Gasteiger partial charge in [-0.15, -0.1) is 0 Å². The number of nitrogens with one attached hydrogen (secondary N) is 1.